The molecule has 0 radical (unpaired) electrons. The number of nitrogens with zero attached hydrogens (tertiary/aromatic N) is 3. The second-order valence-corrected chi connectivity index (χ2v) is 9.53. The number of carbonyl (C=O) groups is 2. The van der Waals surface area contributed by atoms with Crippen LogP contribution in [0.2, 0.25) is 5.02 Å². The monoisotopic (exact) mass is 581 g/mol. The van der Waals surface area contributed by atoms with Crippen molar-refractivity contribution in [3.05, 3.63) is 64.2 Å². The lowest BCUT2D eigenvalue weighted by Gasteiger charge is -2.32. The summed E-state index contributed by atoms with van der Waals surface area (Å²) in [5, 5.41) is 9.80. The van der Waals surface area contributed by atoms with Crippen LogP contribution in [0.1, 0.15) is 69.7 Å². The molecule has 4 rings (SSSR count). The second-order valence-electron chi connectivity index (χ2n) is 9.12. The van der Waals surface area contributed by atoms with Gasteiger partial charge in [0.25, 0.3) is 0 Å². The van der Waals surface area contributed by atoms with E-state index < -0.39 is 11.7 Å². The first-order chi connectivity index (χ1) is 18.6. The van der Waals surface area contributed by atoms with Gasteiger partial charge < -0.3 is 14.4 Å². The molecule has 2 aliphatic heterocycles. The predicted octanol–water partition coefficient (Wildman–Crippen LogP) is 7.30. The Hall–Kier alpha value is -3.09. The molecule has 2 fully saturated rings. The summed E-state index contributed by atoms with van der Waals surface area (Å²) in [6.45, 7) is 5.15. The number of alkyl halides is 3. The molecule has 2 unspecified atom stereocenters. The zero-order valence-corrected chi connectivity index (χ0v) is 23.4. The van der Waals surface area contributed by atoms with Gasteiger partial charge in [0, 0.05) is 30.1 Å². The Morgan fingerprint density at radius 2 is 1.73 bits per heavy atom. The first-order valence-corrected chi connectivity index (χ1v) is 13.3. The molecule has 2 saturated heterocycles. The fourth-order valence-electron chi connectivity index (χ4n) is 4.83. The summed E-state index contributed by atoms with van der Waals surface area (Å²) in [5.41, 5.74) is 0.790. The molecular weight excluding hydrogens is 543 g/mol. The Morgan fingerprint density at radius 1 is 1.10 bits per heavy atom. The van der Waals surface area contributed by atoms with E-state index >= 15 is 0 Å². The van der Waals surface area contributed by atoms with Crippen molar-refractivity contribution in [3.63, 3.8) is 0 Å². The average molecular weight is 582 g/mol. The quantitative estimate of drug-likeness (QED) is 0.278. The molecule has 6 nitrogen and oxygen atoms in total. The molecule has 0 aliphatic carbocycles. The van der Waals surface area contributed by atoms with E-state index in [9.17, 15) is 22.8 Å². The number of rotatable bonds is 4. The van der Waals surface area contributed by atoms with E-state index in [1.54, 1.807) is 0 Å². The van der Waals surface area contributed by atoms with Crippen LogP contribution < -0.4 is 4.90 Å². The van der Waals surface area contributed by atoms with E-state index in [1.165, 1.54) is 13.2 Å². The molecule has 0 bridgehead atoms. The van der Waals surface area contributed by atoms with Gasteiger partial charge >= 0.3 is 12.1 Å². The van der Waals surface area contributed by atoms with Crippen molar-refractivity contribution >= 4 is 29.5 Å². The standard InChI is InChI=1S/C14H13F3N2O.C13H16ClNO2.C2H6.CH4/c15-14(16,17)12-1-2-13(11(7-12)8-18)19-5-3-10(9-20)4-6-19;1-15-11(7-8-12(15)13(16)17-2)9-5-3-4-6-10(9)14;1-2;/h1-2,7,9-10H,3-6H2;3-6,11-12H,7-8H2,1-2H3;1-2H3;1H4. The van der Waals surface area contributed by atoms with Crippen molar-refractivity contribution in [2.24, 2.45) is 5.92 Å². The Bertz CT molecular complexity index is 1140. The first-order valence-electron chi connectivity index (χ1n) is 13.0. The molecule has 40 heavy (non-hydrogen) atoms. The average Bonchev–Trinajstić information content (AvgIpc) is 3.34. The third kappa shape index (κ3) is 8.70. The molecule has 0 aromatic heterocycles. The number of hydrogen-bond donors (Lipinski definition) is 0. The van der Waals surface area contributed by atoms with Gasteiger partial charge in [-0.25, -0.2) is 0 Å². The Balaban J connectivity index is 0.000000372. The zero-order chi connectivity index (χ0) is 29.2. The van der Waals surface area contributed by atoms with E-state index in [2.05, 4.69) is 0 Å². The summed E-state index contributed by atoms with van der Waals surface area (Å²) >= 11 is 6.19. The summed E-state index contributed by atoms with van der Waals surface area (Å²) in [4.78, 5) is 26.2. The summed E-state index contributed by atoms with van der Waals surface area (Å²) in [7, 11) is 3.38. The molecule has 2 heterocycles. The lowest BCUT2D eigenvalue weighted by atomic mass is 9.97. The number of anilines is 1. The van der Waals surface area contributed by atoms with E-state index in [0.29, 0.717) is 31.6 Å². The first kappa shape index (κ1) is 34.9. The molecule has 2 aliphatic rings. The number of likely N-dealkylation sites (N-methyl/N-ethyl adjacent to an activating group) is 1. The molecule has 0 amide bonds. The fourth-order valence-corrected chi connectivity index (χ4v) is 5.10. The van der Waals surface area contributed by atoms with Gasteiger partial charge in [0.2, 0.25) is 0 Å². The number of hydrogen-bond acceptors (Lipinski definition) is 6. The van der Waals surface area contributed by atoms with Gasteiger partial charge in [-0.05, 0) is 62.6 Å². The highest BCUT2D eigenvalue weighted by Crippen LogP contribution is 2.38. The summed E-state index contributed by atoms with van der Waals surface area (Å²) < 4.78 is 42.6. The maximum absolute atomic E-state index is 12.6. The third-order valence-corrected chi connectivity index (χ3v) is 7.30. The smallest absolute Gasteiger partial charge is 0.416 e. The van der Waals surface area contributed by atoms with Crippen LogP contribution in [0.25, 0.3) is 0 Å². The summed E-state index contributed by atoms with van der Waals surface area (Å²) in [6, 6.07) is 12.9. The molecule has 0 spiro atoms. The maximum Gasteiger partial charge on any atom is 0.416 e. The van der Waals surface area contributed by atoms with Crippen molar-refractivity contribution in [2.75, 3.05) is 32.1 Å². The van der Waals surface area contributed by atoms with Gasteiger partial charge in [-0.2, -0.15) is 18.4 Å². The van der Waals surface area contributed by atoms with Crippen molar-refractivity contribution in [1.82, 2.24) is 4.90 Å². The topological polar surface area (TPSA) is 73.6 Å². The van der Waals surface area contributed by atoms with Crippen LogP contribution in [-0.2, 0) is 20.5 Å². The fraction of sp³-hybridized carbons (Fsp3) is 0.500. The van der Waals surface area contributed by atoms with Crippen LogP contribution in [0.5, 0.6) is 0 Å². The Labute approximate surface area is 240 Å². The normalized spacial score (nSPS) is 19.1. The minimum Gasteiger partial charge on any atom is -0.468 e. The van der Waals surface area contributed by atoms with Crippen LogP contribution in [0.3, 0.4) is 0 Å². The van der Waals surface area contributed by atoms with Crippen LogP contribution >= 0.6 is 11.6 Å². The highest BCUT2D eigenvalue weighted by molar-refractivity contribution is 6.31. The van der Waals surface area contributed by atoms with Gasteiger partial charge in [-0.3, -0.25) is 9.69 Å². The molecule has 0 N–H and O–H groups in total. The van der Waals surface area contributed by atoms with Crippen molar-refractivity contribution in [3.8, 4) is 6.07 Å². The largest absolute Gasteiger partial charge is 0.468 e. The molecular formula is C30H39ClF3N3O3. The Morgan fingerprint density at radius 3 is 2.25 bits per heavy atom. The minimum atomic E-state index is -4.45. The van der Waals surface area contributed by atoms with Crippen molar-refractivity contribution < 1.29 is 27.5 Å². The van der Waals surface area contributed by atoms with Crippen LogP contribution in [0, 0.1) is 17.2 Å². The van der Waals surface area contributed by atoms with Crippen LogP contribution in [0.15, 0.2) is 42.5 Å². The number of likely N-dealkylation sites (tertiary alicyclic amines) is 1. The van der Waals surface area contributed by atoms with E-state index in [4.69, 9.17) is 21.6 Å². The van der Waals surface area contributed by atoms with E-state index in [-0.39, 0.29) is 37.0 Å². The van der Waals surface area contributed by atoms with Gasteiger partial charge in [0.1, 0.15) is 18.4 Å². The van der Waals surface area contributed by atoms with Gasteiger partial charge in [-0.15, -0.1) is 0 Å². The predicted molar refractivity (Wildman–Crippen MR) is 152 cm³/mol. The minimum absolute atomic E-state index is 0. The number of benzene rings is 2. The van der Waals surface area contributed by atoms with Crippen molar-refractivity contribution in [1.29, 1.82) is 5.26 Å². The van der Waals surface area contributed by atoms with Gasteiger partial charge in [0.05, 0.1) is 23.9 Å². The van der Waals surface area contributed by atoms with E-state index in [1.807, 2.05) is 61.0 Å². The summed E-state index contributed by atoms with van der Waals surface area (Å²) in [6.07, 6.45) is -0.465. The molecule has 2 aromatic carbocycles. The lowest BCUT2D eigenvalue weighted by molar-refractivity contribution is -0.145. The summed E-state index contributed by atoms with van der Waals surface area (Å²) in [5.74, 6) is -0.159. The van der Waals surface area contributed by atoms with Crippen molar-refractivity contribution in [2.45, 2.75) is 65.2 Å². The number of piperidine rings is 1. The molecule has 220 valence electrons. The molecule has 2 aromatic rings. The number of esters is 1. The molecule has 2 atom stereocenters. The molecule has 10 heteroatoms. The van der Waals surface area contributed by atoms with Gasteiger partial charge in [-0.1, -0.05) is 51.1 Å². The Kier molecular flexibility index (Phi) is 14.2. The highest BCUT2D eigenvalue weighted by atomic mass is 35.5. The van der Waals surface area contributed by atoms with Crippen LogP contribution in [-0.4, -0.2) is 50.4 Å². The highest BCUT2D eigenvalue weighted by Gasteiger charge is 2.37. The van der Waals surface area contributed by atoms with Crippen LogP contribution in [0.4, 0.5) is 18.9 Å². The maximum atomic E-state index is 12.6. The SMILES string of the molecule is C.CC.COC(=O)C1CCC(c2ccccc2Cl)N1C.N#Cc1cc(C(F)(F)F)ccc1N1CCC(C=O)CC1. The molecule has 0 saturated carbocycles. The number of methoxy groups -OCH3 is 1. The lowest BCUT2D eigenvalue weighted by Crippen LogP contribution is -2.35. The third-order valence-electron chi connectivity index (χ3n) is 6.95. The number of ether oxygens (including phenoxy) is 1. The number of nitriles is 1. The number of carbonyl (C=O) groups excluding carboxylic acids is 2. The second kappa shape index (κ2) is 16.2. The van der Waals surface area contributed by atoms with Gasteiger partial charge in [0.15, 0.2) is 0 Å². The zero-order valence-electron chi connectivity index (χ0n) is 22.7. The van der Waals surface area contributed by atoms with E-state index in [0.717, 1.165) is 41.8 Å². The number of aldehydes is 1. The number of halogens is 4.